The Bertz CT molecular complexity index is 527. The van der Waals surface area contributed by atoms with Crippen molar-refractivity contribution in [3.05, 3.63) is 47.5 Å². The van der Waals surface area contributed by atoms with E-state index in [9.17, 15) is 20.4 Å². The Morgan fingerprint density at radius 2 is 1.06 bits per heavy atom. The number of aromatic hydroxyl groups is 4. The molecule has 4 N–H and O–H groups in total. The van der Waals surface area contributed by atoms with Crippen molar-refractivity contribution in [2.45, 2.75) is 12.8 Å². The van der Waals surface area contributed by atoms with Crippen LogP contribution >= 0.6 is 0 Å². The largest absolute Gasteiger partial charge is 0.504 e. The van der Waals surface area contributed by atoms with Crippen LogP contribution in [-0.2, 0) is 0 Å². The third-order valence-electron chi connectivity index (χ3n) is 3.00. The number of phenols is 4. The number of rotatable bonds is 2. The number of phenolic OH excluding ortho intramolecular Hbond substituents is 4. The fourth-order valence-corrected chi connectivity index (χ4v) is 1.81. The van der Waals surface area contributed by atoms with Crippen LogP contribution in [0, 0.1) is 0 Å². The molecular formula is C14H14O4. The molecule has 0 aliphatic rings. The zero-order valence-electron chi connectivity index (χ0n) is 9.83. The van der Waals surface area contributed by atoms with Gasteiger partial charge in [-0.1, -0.05) is 19.1 Å². The molecule has 4 nitrogen and oxygen atoms in total. The van der Waals surface area contributed by atoms with E-state index in [4.69, 9.17) is 0 Å². The van der Waals surface area contributed by atoms with Gasteiger partial charge in [0.25, 0.3) is 0 Å². The molecule has 0 saturated carbocycles. The molecule has 2 aromatic carbocycles. The molecule has 0 atom stereocenters. The van der Waals surface area contributed by atoms with Crippen molar-refractivity contribution in [3.8, 4) is 23.0 Å². The number of hydrogen-bond donors (Lipinski definition) is 4. The van der Waals surface area contributed by atoms with Gasteiger partial charge in [-0.3, -0.25) is 0 Å². The summed E-state index contributed by atoms with van der Waals surface area (Å²) in [6.45, 7) is 1.90. The first-order valence-corrected chi connectivity index (χ1v) is 5.53. The predicted molar refractivity (Wildman–Crippen MR) is 67.1 cm³/mol. The van der Waals surface area contributed by atoms with E-state index in [1.165, 1.54) is 24.3 Å². The van der Waals surface area contributed by atoms with Gasteiger partial charge in [0.2, 0.25) is 0 Å². The number of hydrogen-bond acceptors (Lipinski definition) is 4. The van der Waals surface area contributed by atoms with Gasteiger partial charge in [-0.15, -0.1) is 0 Å². The maximum absolute atomic E-state index is 9.46. The molecule has 2 rings (SSSR count). The van der Waals surface area contributed by atoms with Gasteiger partial charge < -0.3 is 20.4 Å². The Hall–Kier alpha value is -2.36. The summed E-state index contributed by atoms with van der Waals surface area (Å²) in [6.07, 6.45) is 0. The van der Waals surface area contributed by atoms with E-state index in [1.807, 2.05) is 6.92 Å². The van der Waals surface area contributed by atoms with Crippen LogP contribution < -0.4 is 0 Å². The normalized spacial score (nSPS) is 10.8. The molecule has 0 aliphatic carbocycles. The van der Waals surface area contributed by atoms with E-state index >= 15 is 0 Å². The van der Waals surface area contributed by atoms with Gasteiger partial charge in [-0.25, -0.2) is 0 Å². The third-order valence-corrected chi connectivity index (χ3v) is 3.00. The SMILES string of the molecule is CC(c1ccc(O)c(O)c1)c1ccc(O)c(O)c1. The molecule has 0 spiro atoms. The molecule has 0 bridgehead atoms. The molecule has 0 saturated heterocycles. The Morgan fingerprint density at radius 1 is 0.667 bits per heavy atom. The molecule has 4 heteroatoms. The quantitative estimate of drug-likeness (QED) is 0.614. The molecule has 94 valence electrons. The summed E-state index contributed by atoms with van der Waals surface area (Å²) < 4.78 is 0. The van der Waals surface area contributed by atoms with Crippen molar-refractivity contribution >= 4 is 0 Å². The van der Waals surface area contributed by atoms with Gasteiger partial charge in [0.15, 0.2) is 23.0 Å². The van der Waals surface area contributed by atoms with Crippen molar-refractivity contribution in [1.29, 1.82) is 0 Å². The smallest absolute Gasteiger partial charge is 0.157 e. The monoisotopic (exact) mass is 246 g/mol. The third kappa shape index (κ3) is 2.18. The van der Waals surface area contributed by atoms with Crippen LogP contribution in [0.5, 0.6) is 23.0 Å². The van der Waals surface area contributed by atoms with E-state index in [1.54, 1.807) is 12.1 Å². The Labute approximate surface area is 104 Å². The summed E-state index contributed by atoms with van der Waals surface area (Å²) in [6, 6.07) is 9.18. The molecule has 0 heterocycles. The first kappa shape index (κ1) is 12.1. The van der Waals surface area contributed by atoms with Crippen molar-refractivity contribution in [3.63, 3.8) is 0 Å². The summed E-state index contributed by atoms with van der Waals surface area (Å²) in [4.78, 5) is 0. The molecular weight excluding hydrogens is 232 g/mol. The minimum Gasteiger partial charge on any atom is -0.504 e. The molecule has 0 aliphatic heterocycles. The summed E-state index contributed by atoms with van der Waals surface area (Å²) in [5.74, 6) is -0.772. The summed E-state index contributed by atoms with van der Waals surface area (Å²) in [5, 5.41) is 37.4. The maximum atomic E-state index is 9.46. The second kappa shape index (κ2) is 4.49. The molecule has 0 unspecified atom stereocenters. The lowest BCUT2D eigenvalue weighted by molar-refractivity contribution is 0.402. The molecule has 0 fully saturated rings. The highest BCUT2D eigenvalue weighted by Crippen LogP contribution is 2.34. The van der Waals surface area contributed by atoms with Crippen LogP contribution in [0.1, 0.15) is 24.0 Å². The van der Waals surface area contributed by atoms with Crippen LogP contribution in [0.3, 0.4) is 0 Å². The summed E-state index contributed by atoms with van der Waals surface area (Å²) >= 11 is 0. The first-order valence-electron chi connectivity index (χ1n) is 5.53. The molecule has 2 aromatic rings. The Kier molecular flexibility index (Phi) is 3.02. The topological polar surface area (TPSA) is 80.9 Å². The highest BCUT2D eigenvalue weighted by atomic mass is 16.3. The second-order valence-electron chi connectivity index (χ2n) is 4.22. The average Bonchev–Trinajstić information content (AvgIpc) is 2.35. The van der Waals surface area contributed by atoms with E-state index in [0.29, 0.717) is 0 Å². The van der Waals surface area contributed by atoms with Gasteiger partial charge in [0.05, 0.1) is 0 Å². The summed E-state index contributed by atoms with van der Waals surface area (Å²) in [7, 11) is 0. The lowest BCUT2D eigenvalue weighted by Gasteiger charge is -2.14. The minimum absolute atomic E-state index is 0.0806. The predicted octanol–water partition coefficient (Wildman–Crippen LogP) is 2.66. The number of benzene rings is 2. The van der Waals surface area contributed by atoms with Crippen molar-refractivity contribution in [2.75, 3.05) is 0 Å². The van der Waals surface area contributed by atoms with Crippen LogP contribution in [0.2, 0.25) is 0 Å². The molecule has 18 heavy (non-hydrogen) atoms. The summed E-state index contributed by atoms with van der Waals surface area (Å²) in [5.41, 5.74) is 1.60. The highest BCUT2D eigenvalue weighted by molar-refractivity contribution is 5.47. The van der Waals surface area contributed by atoms with Crippen molar-refractivity contribution in [1.82, 2.24) is 0 Å². The van der Waals surface area contributed by atoms with Gasteiger partial charge >= 0.3 is 0 Å². The van der Waals surface area contributed by atoms with E-state index in [0.717, 1.165) is 11.1 Å². The van der Waals surface area contributed by atoms with Crippen LogP contribution in [0.15, 0.2) is 36.4 Å². The van der Waals surface area contributed by atoms with Gasteiger partial charge in [0, 0.05) is 5.92 Å². The zero-order valence-corrected chi connectivity index (χ0v) is 9.83. The van der Waals surface area contributed by atoms with E-state index in [2.05, 4.69) is 0 Å². The van der Waals surface area contributed by atoms with Gasteiger partial charge in [0.1, 0.15) is 0 Å². The fourth-order valence-electron chi connectivity index (χ4n) is 1.81. The highest BCUT2D eigenvalue weighted by Gasteiger charge is 2.12. The molecule has 0 amide bonds. The van der Waals surface area contributed by atoms with E-state index < -0.39 is 0 Å². The van der Waals surface area contributed by atoms with Crippen LogP contribution in [0.25, 0.3) is 0 Å². The van der Waals surface area contributed by atoms with Gasteiger partial charge in [-0.05, 0) is 35.4 Å². The fraction of sp³-hybridized carbons (Fsp3) is 0.143. The Balaban J connectivity index is 2.37. The average molecular weight is 246 g/mol. The minimum atomic E-state index is -0.178. The van der Waals surface area contributed by atoms with Gasteiger partial charge in [-0.2, -0.15) is 0 Å². The van der Waals surface area contributed by atoms with Crippen molar-refractivity contribution in [2.24, 2.45) is 0 Å². The molecule has 0 aromatic heterocycles. The molecule has 0 radical (unpaired) electrons. The van der Waals surface area contributed by atoms with Crippen molar-refractivity contribution < 1.29 is 20.4 Å². The lowest BCUT2D eigenvalue weighted by atomic mass is 9.92. The first-order chi connectivity index (χ1) is 8.49. The lowest BCUT2D eigenvalue weighted by Crippen LogP contribution is -1.95. The second-order valence-corrected chi connectivity index (χ2v) is 4.22. The van der Waals surface area contributed by atoms with Crippen LogP contribution in [-0.4, -0.2) is 20.4 Å². The standard InChI is InChI=1S/C14H14O4/c1-8(9-2-4-11(15)13(17)6-9)10-3-5-12(16)14(18)7-10/h2-8,15-18H,1H3. The maximum Gasteiger partial charge on any atom is 0.157 e. The van der Waals surface area contributed by atoms with Crippen LogP contribution in [0.4, 0.5) is 0 Å². The zero-order chi connectivity index (χ0) is 13.3. The van der Waals surface area contributed by atoms with E-state index in [-0.39, 0.29) is 28.9 Å². The Morgan fingerprint density at radius 3 is 1.39 bits per heavy atom.